The maximum atomic E-state index is 12.4. The van der Waals surface area contributed by atoms with Crippen LogP contribution in [0.4, 0.5) is 11.4 Å². The third-order valence-electron chi connectivity index (χ3n) is 3.39. The van der Waals surface area contributed by atoms with Crippen molar-refractivity contribution in [1.29, 1.82) is 0 Å². The van der Waals surface area contributed by atoms with Gasteiger partial charge >= 0.3 is 0 Å². The predicted octanol–water partition coefficient (Wildman–Crippen LogP) is 1.44. The number of hydrogen-bond acceptors (Lipinski definition) is 4. The number of nitrogen functional groups attached to an aromatic ring is 1. The Labute approximate surface area is 111 Å². The van der Waals surface area contributed by atoms with Gasteiger partial charge < -0.3 is 20.1 Å². The van der Waals surface area contributed by atoms with Crippen molar-refractivity contribution in [3.05, 3.63) is 35.8 Å². The van der Waals surface area contributed by atoms with Gasteiger partial charge in [-0.15, -0.1) is 0 Å². The van der Waals surface area contributed by atoms with Crippen LogP contribution in [0.2, 0.25) is 0 Å². The first-order valence-corrected chi connectivity index (χ1v) is 6.41. The molecular weight excluding hydrogens is 244 g/mol. The SMILES string of the molecule is Nc1cccc2c1CCCN2C(=O)C1=COCCO1. The molecule has 0 fully saturated rings. The van der Waals surface area contributed by atoms with Crippen molar-refractivity contribution in [2.45, 2.75) is 12.8 Å². The molecule has 2 heterocycles. The molecule has 100 valence electrons. The largest absolute Gasteiger partial charge is 0.494 e. The van der Waals surface area contributed by atoms with Gasteiger partial charge in [0.15, 0.2) is 0 Å². The summed E-state index contributed by atoms with van der Waals surface area (Å²) in [6.07, 6.45) is 3.20. The monoisotopic (exact) mass is 260 g/mol. The van der Waals surface area contributed by atoms with E-state index < -0.39 is 0 Å². The van der Waals surface area contributed by atoms with E-state index in [9.17, 15) is 4.79 Å². The third kappa shape index (κ3) is 2.12. The first kappa shape index (κ1) is 11.9. The van der Waals surface area contributed by atoms with E-state index in [0.29, 0.717) is 19.8 Å². The second-order valence-corrected chi connectivity index (χ2v) is 4.61. The van der Waals surface area contributed by atoms with Gasteiger partial charge in [-0.3, -0.25) is 4.79 Å². The topological polar surface area (TPSA) is 64.8 Å². The number of anilines is 2. The van der Waals surface area contributed by atoms with Crippen LogP contribution in [0.25, 0.3) is 0 Å². The summed E-state index contributed by atoms with van der Waals surface area (Å²) in [5, 5.41) is 0. The number of nitrogens with two attached hydrogens (primary N) is 1. The Hall–Kier alpha value is -2.17. The van der Waals surface area contributed by atoms with Gasteiger partial charge in [0.25, 0.3) is 5.91 Å². The average molecular weight is 260 g/mol. The molecule has 2 aliphatic heterocycles. The van der Waals surface area contributed by atoms with E-state index >= 15 is 0 Å². The van der Waals surface area contributed by atoms with Crippen LogP contribution in [-0.4, -0.2) is 25.7 Å². The van der Waals surface area contributed by atoms with Gasteiger partial charge in [0.05, 0.1) is 0 Å². The lowest BCUT2D eigenvalue weighted by Gasteiger charge is -2.31. The Morgan fingerprint density at radius 2 is 2.21 bits per heavy atom. The standard InChI is InChI=1S/C14H16N2O3/c15-11-4-1-5-12-10(11)3-2-6-16(12)14(17)13-9-18-7-8-19-13/h1,4-5,9H,2-3,6-8,15H2. The molecule has 1 aromatic carbocycles. The van der Waals surface area contributed by atoms with Crippen LogP contribution in [0.1, 0.15) is 12.0 Å². The van der Waals surface area contributed by atoms with Gasteiger partial charge in [0.1, 0.15) is 19.5 Å². The molecule has 0 bridgehead atoms. The van der Waals surface area contributed by atoms with E-state index in [2.05, 4.69) is 0 Å². The van der Waals surface area contributed by atoms with E-state index in [1.807, 2.05) is 18.2 Å². The molecule has 0 saturated carbocycles. The van der Waals surface area contributed by atoms with Crippen LogP contribution in [0.5, 0.6) is 0 Å². The van der Waals surface area contributed by atoms with Crippen molar-refractivity contribution < 1.29 is 14.3 Å². The molecule has 0 atom stereocenters. The molecule has 0 aliphatic carbocycles. The van der Waals surface area contributed by atoms with Crippen molar-refractivity contribution in [1.82, 2.24) is 0 Å². The minimum absolute atomic E-state index is 0.161. The molecule has 2 aliphatic rings. The number of fused-ring (bicyclic) bond motifs is 1. The molecule has 3 rings (SSSR count). The fourth-order valence-corrected chi connectivity index (χ4v) is 2.48. The zero-order valence-electron chi connectivity index (χ0n) is 10.6. The lowest BCUT2D eigenvalue weighted by molar-refractivity contribution is -0.119. The molecule has 0 aromatic heterocycles. The van der Waals surface area contributed by atoms with Gasteiger partial charge in [-0.2, -0.15) is 0 Å². The molecule has 5 nitrogen and oxygen atoms in total. The molecule has 0 unspecified atom stereocenters. The zero-order valence-corrected chi connectivity index (χ0v) is 10.6. The van der Waals surface area contributed by atoms with Crippen LogP contribution in [0.3, 0.4) is 0 Å². The molecular formula is C14H16N2O3. The van der Waals surface area contributed by atoms with Gasteiger partial charge in [0.2, 0.25) is 5.76 Å². The number of rotatable bonds is 1. The van der Waals surface area contributed by atoms with Gasteiger partial charge in [0, 0.05) is 17.9 Å². The highest BCUT2D eigenvalue weighted by Crippen LogP contribution is 2.32. The summed E-state index contributed by atoms with van der Waals surface area (Å²) in [7, 11) is 0. The molecule has 2 N–H and O–H groups in total. The van der Waals surface area contributed by atoms with E-state index in [1.165, 1.54) is 6.26 Å². The Morgan fingerprint density at radius 3 is 3.00 bits per heavy atom. The molecule has 1 amide bonds. The van der Waals surface area contributed by atoms with E-state index in [4.69, 9.17) is 15.2 Å². The van der Waals surface area contributed by atoms with Crippen molar-refractivity contribution in [2.75, 3.05) is 30.4 Å². The van der Waals surface area contributed by atoms with Gasteiger partial charge in [-0.05, 0) is 30.5 Å². The highest BCUT2D eigenvalue weighted by atomic mass is 16.6. The smallest absolute Gasteiger partial charge is 0.296 e. The van der Waals surface area contributed by atoms with Crippen LogP contribution < -0.4 is 10.6 Å². The predicted molar refractivity (Wildman–Crippen MR) is 71.5 cm³/mol. The second-order valence-electron chi connectivity index (χ2n) is 4.61. The fraction of sp³-hybridized carbons (Fsp3) is 0.357. The first-order valence-electron chi connectivity index (χ1n) is 6.41. The summed E-state index contributed by atoms with van der Waals surface area (Å²) >= 11 is 0. The summed E-state index contributed by atoms with van der Waals surface area (Å²) in [5.41, 5.74) is 8.64. The van der Waals surface area contributed by atoms with E-state index in [1.54, 1.807) is 4.90 Å². The Balaban J connectivity index is 1.93. The number of carbonyl (C=O) groups is 1. The minimum Gasteiger partial charge on any atom is -0.494 e. The van der Waals surface area contributed by atoms with E-state index in [-0.39, 0.29) is 11.7 Å². The van der Waals surface area contributed by atoms with Crippen LogP contribution in [-0.2, 0) is 20.7 Å². The zero-order chi connectivity index (χ0) is 13.2. The number of ether oxygens (including phenoxy) is 2. The lowest BCUT2D eigenvalue weighted by Crippen LogP contribution is -2.38. The number of nitrogens with zero attached hydrogens (tertiary/aromatic N) is 1. The summed E-state index contributed by atoms with van der Waals surface area (Å²) in [6, 6.07) is 5.66. The van der Waals surface area contributed by atoms with Crippen LogP contribution in [0, 0.1) is 0 Å². The fourth-order valence-electron chi connectivity index (χ4n) is 2.48. The van der Waals surface area contributed by atoms with Crippen molar-refractivity contribution in [3.63, 3.8) is 0 Å². The quantitative estimate of drug-likeness (QED) is 0.776. The van der Waals surface area contributed by atoms with Gasteiger partial charge in [-0.25, -0.2) is 0 Å². The summed E-state index contributed by atoms with van der Waals surface area (Å²) in [5.74, 6) is 0.104. The number of carbonyl (C=O) groups excluding carboxylic acids is 1. The van der Waals surface area contributed by atoms with Crippen molar-refractivity contribution >= 4 is 17.3 Å². The first-order chi connectivity index (χ1) is 9.27. The van der Waals surface area contributed by atoms with Gasteiger partial charge in [-0.1, -0.05) is 6.07 Å². The normalized spacial score (nSPS) is 17.9. The minimum atomic E-state index is -0.161. The highest BCUT2D eigenvalue weighted by Gasteiger charge is 2.28. The van der Waals surface area contributed by atoms with Crippen LogP contribution in [0.15, 0.2) is 30.2 Å². The van der Waals surface area contributed by atoms with Crippen molar-refractivity contribution in [3.8, 4) is 0 Å². The Morgan fingerprint density at radius 1 is 1.32 bits per heavy atom. The summed E-state index contributed by atoms with van der Waals surface area (Å²) < 4.78 is 10.5. The molecule has 0 radical (unpaired) electrons. The molecule has 19 heavy (non-hydrogen) atoms. The second kappa shape index (κ2) is 4.84. The Bertz CT molecular complexity index is 539. The molecule has 0 saturated heterocycles. The average Bonchev–Trinajstić information content (AvgIpc) is 2.47. The van der Waals surface area contributed by atoms with Crippen LogP contribution >= 0.6 is 0 Å². The highest BCUT2D eigenvalue weighted by molar-refractivity contribution is 6.05. The molecule has 5 heteroatoms. The van der Waals surface area contributed by atoms with Crippen molar-refractivity contribution in [2.24, 2.45) is 0 Å². The Kier molecular flexibility index (Phi) is 3.03. The number of amides is 1. The summed E-state index contributed by atoms with van der Waals surface area (Å²) in [4.78, 5) is 14.2. The lowest BCUT2D eigenvalue weighted by atomic mass is 10.00. The number of benzene rings is 1. The van der Waals surface area contributed by atoms with E-state index in [0.717, 1.165) is 29.8 Å². The maximum Gasteiger partial charge on any atom is 0.296 e. The number of hydrogen-bond donors (Lipinski definition) is 1. The molecule has 0 spiro atoms. The molecule has 1 aromatic rings. The maximum absolute atomic E-state index is 12.4. The third-order valence-corrected chi connectivity index (χ3v) is 3.39. The summed E-state index contributed by atoms with van der Waals surface area (Å²) in [6.45, 7) is 1.57.